The number of rotatable bonds is 5. The zero-order chi connectivity index (χ0) is 12.8. The van der Waals surface area contributed by atoms with Crippen molar-refractivity contribution >= 4 is 29.3 Å². The molecule has 0 saturated heterocycles. The van der Waals surface area contributed by atoms with E-state index in [4.69, 9.17) is 11.6 Å². The summed E-state index contributed by atoms with van der Waals surface area (Å²) in [5.41, 5.74) is 0. The molecule has 0 bridgehead atoms. The van der Waals surface area contributed by atoms with Crippen LogP contribution in [-0.2, 0) is 4.79 Å². The molecule has 17 heavy (non-hydrogen) atoms. The third-order valence-corrected chi connectivity index (χ3v) is 3.19. The third kappa shape index (κ3) is 5.37. The maximum absolute atomic E-state index is 11.7. The van der Waals surface area contributed by atoms with Gasteiger partial charge in [-0.25, -0.2) is 0 Å². The van der Waals surface area contributed by atoms with E-state index in [-0.39, 0.29) is 11.2 Å². The summed E-state index contributed by atoms with van der Waals surface area (Å²) in [6.45, 7) is 6.65. The summed E-state index contributed by atoms with van der Waals surface area (Å²) in [6.07, 6.45) is 0. The van der Waals surface area contributed by atoms with Crippen LogP contribution < -0.4 is 5.32 Å². The second-order valence-electron chi connectivity index (χ2n) is 4.09. The van der Waals surface area contributed by atoms with Gasteiger partial charge in [-0.3, -0.25) is 4.79 Å². The Morgan fingerprint density at radius 3 is 2.65 bits per heavy atom. The fraction of sp³-hybridized carbons (Fsp3) is 0.545. The lowest BCUT2D eigenvalue weighted by atomic mass is 10.2. The highest BCUT2D eigenvalue weighted by atomic mass is 35.5. The highest BCUT2D eigenvalue weighted by Gasteiger charge is 2.15. The second-order valence-corrected chi connectivity index (χ2v) is 5.84. The van der Waals surface area contributed by atoms with Gasteiger partial charge in [-0.15, -0.1) is 10.2 Å². The van der Waals surface area contributed by atoms with Crippen molar-refractivity contribution in [2.45, 2.75) is 31.0 Å². The van der Waals surface area contributed by atoms with Crippen molar-refractivity contribution in [1.29, 1.82) is 0 Å². The molecule has 0 spiro atoms. The van der Waals surface area contributed by atoms with Gasteiger partial charge >= 0.3 is 0 Å². The monoisotopic (exact) mass is 273 g/mol. The van der Waals surface area contributed by atoms with Crippen molar-refractivity contribution in [3.63, 3.8) is 0 Å². The highest BCUT2D eigenvalue weighted by Crippen LogP contribution is 2.21. The van der Waals surface area contributed by atoms with Crippen LogP contribution in [0.3, 0.4) is 0 Å². The average molecular weight is 274 g/mol. The molecular weight excluding hydrogens is 258 g/mol. The van der Waals surface area contributed by atoms with Gasteiger partial charge in [0, 0.05) is 6.54 Å². The Balaban J connectivity index is 2.45. The predicted octanol–water partition coefficient (Wildman–Crippen LogP) is 2.38. The first kappa shape index (κ1) is 14.3. The van der Waals surface area contributed by atoms with Gasteiger partial charge < -0.3 is 5.32 Å². The molecule has 1 atom stereocenters. The van der Waals surface area contributed by atoms with E-state index in [2.05, 4.69) is 29.4 Å². The van der Waals surface area contributed by atoms with Gasteiger partial charge in [0.15, 0.2) is 5.15 Å². The summed E-state index contributed by atoms with van der Waals surface area (Å²) in [4.78, 5) is 11.7. The first-order chi connectivity index (χ1) is 7.99. The molecule has 6 heteroatoms. The second kappa shape index (κ2) is 6.81. The molecule has 1 heterocycles. The quantitative estimate of drug-likeness (QED) is 0.837. The minimum Gasteiger partial charge on any atom is -0.355 e. The Labute approximate surface area is 111 Å². The van der Waals surface area contributed by atoms with Gasteiger partial charge in [-0.05, 0) is 25.0 Å². The molecule has 0 saturated carbocycles. The maximum atomic E-state index is 11.7. The van der Waals surface area contributed by atoms with E-state index in [1.807, 2.05) is 6.92 Å². The summed E-state index contributed by atoms with van der Waals surface area (Å²) in [5, 5.41) is 11.4. The van der Waals surface area contributed by atoms with Crippen molar-refractivity contribution in [3.8, 4) is 0 Å². The van der Waals surface area contributed by atoms with Crippen molar-refractivity contribution in [2.24, 2.45) is 5.92 Å². The lowest BCUT2D eigenvalue weighted by Gasteiger charge is -2.12. The predicted molar refractivity (Wildman–Crippen MR) is 70.2 cm³/mol. The number of carbonyl (C=O) groups is 1. The lowest BCUT2D eigenvalue weighted by molar-refractivity contribution is -0.120. The largest absolute Gasteiger partial charge is 0.355 e. The van der Waals surface area contributed by atoms with Crippen LogP contribution in [0.5, 0.6) is 0 Å². The molecule has 0 aliphatic rings. The Kier molecular flexibility index (Phi) is 5.71. The van der Waals surface area contributed by atoms with Crippen molar-refractivity contribution in [1.82, 2.24) is 15.5 Å². The van der Waals surface area contributed by atoms with Crippen molar-refractivity contribution in [2.75, 3.05) is 6.54 Å². The van der Waals surface area contributed by atoms with E-state index in [9.17, 15) is 4.79 Å². The standard InChI is InChI=1S/C11H16ClN3OS/c1-7(2)6-13-11(16)8(3)17-10-5-4-9(12)14-15-10/h4-5,7-8H,6H2,1-3H3,(H,13,16)/t8-/m0/s1. The van der Waals surface area contributed by atoms with E-state index in [1.54, 1.807) is 12.1 Å². The lowest BCUT2D eigenvalue weighted by Crippen LogP contribution is -2.33. The van der Waals surface area contributed by atoms with Crippen LogP contribution >= 0.6 is 23.4 Å². The molecule has 0 radical (unpaired) electrons. The first-order valence-electron chi connectivity index (χ1n) is 5.42. The smallest absolute Gasteiger partial charge is 0.233 e. The summed E-state index contributed by atoms with van der Waals surface area (Å²) in [7, 11) is 0. The van der Waals surface area contributed by atoms with Crippen LogP contribution in [0.15, 0.2) is 17.2 Å². The summed E-state index contributed by atoms with van der Waals surface area (Å²) in [5.74, 6) is 0.465. The molecule has 0 aromatic carbocycles. The number of carbonyl (C=O) groups excluding carboxylic acids is 1. The highest BCUT2D eigenvalue weighted by molar-refractivity contribution is 8.00. The normalized spacial score (nSPS) is 12.5. The molecule has 1 N–H and O–H groups in total. The van der Waals surface area contributed by atoms with Gasteiger partial charge in [-0.2, -0.15) is 0 Å². The van der Waals surface area contributed by atoms with E-state index in [0.717, 1.165) is 0 Å². The summed E-state index contributed by atoms with van der Waals surface area (Å²) in [6, 6.07) is 3.42. The Morgan fingerprint density at radius 1 is 1.41 bits per heavy atom. The van der Waals surface area contributed by atoms with E-state index in [1.165, 1.54) is 11.8 Å². The van der Waals surface area contributed by atoms with Crippen molar-refractivity contribution in [3.05, 3.63) is 17.3 Å². The van der Waals surface area contributed by atoms with Crippen LogP contribution in [0, 0.1) is 5.92 Å². The van der Waals surface area contributed by atoms with Crippen LogP contribution in [0.1, 0.15) is 20.8 Å². The van der Waals surface area contributed by atoms with Crippen LogP contribution in [0.4, 0.5) is 0 Å². The Hall–Kier alpha value is -0.810. The first-order valence-corrected chi connectivity index (χ1v) is 6.68. The number of thioether (sulfide) groups is 1. The Bertz CT molecular complexity index is 369. The molecule has 1 amide bonds. The molecule has 0 fully saturated rings. The minimum atomic E-state index is -0.191. The number of nitrogens with one attached hydrogen (secondary N) is 1. The zero-order valence-corrected chi connectivity index (χ0v) is 11.7. The molecule has 0 aliphatic heterocycles. The van der Waals surface area contributed by atoms with Crippen LogP contribution in [-0.4, -0.2) is 27.9 Å². The molecule has 94 valence electrons. The maximum Gasteiger partial charge on any atom is 0.233 e. The number of nitrogens with zero attached hydrogens (tertiary/aromatic N) is 2. The number of amides is 1. The minimum absolute atomic E-state index is 0.0143. The molecular formula is C11H16ClN3OS. The van der Waals surface area contributed by atoms with E-state index >= 15 is 0 Å². The van der Waals surface area contributed by atoms with Gasteiger partial charge in [-0.1, -0.05) is 37.2 Å². The number of hydrogen-bond acceptors (Lipinski definition) is 4. The van der Waals surface area contributed by atoms with Gasteiger partial charge in [0.2, 0.25) is 5.91 Å². The molecule has 0 aliphatic carbocycles. The zero-order valence-electron chi connectivity index (χ0n) is 10.1. The summed E-state index contributed by atoms with van der Waals surface area (Å²) < 4.78 is 0. The fourth-order valence-electron chi connectivity index (χ4n) is 1.05. The average Bonchev–Trinajstić information content (AvgIpc) is 2.28. The number of halogens is 1. The molecule has 1 aromatic rings. The van der Waals surface area contributed by atoms with Gasteiger partial charge in [0.05, 0.1) is 5.25 Å². The van der Waals surface area contributed by atoms with Gasteiger partial charge in [0.25, 0.3) is 0 Å². The molecule has 4 nitrogen and oxygen atoms in total. The fourth-order valence-corrected chi connectivity index (χ4v) is 1.94. The number of aromatic nitrogens is 2. The molecule has 1 rings (SSSR count). The molecule has 1 aromatic heterocycles. The number of hydrogen-bond donors (Lipinski definition) is 1. The van der Waals surface area contributed by atoms with Gasteiger partial charge in [0.1, 0.15) is 5.03 Å². The van der Waals surface area contributed by atoms with E-state index < -0.39 is 0 Å². The topological polar surface area (TPSA) is 54.9 Å². The van der Waals surface area contributed by atoms with E-state index in [0.29, 0.717) is 22.6 Å². The van der Waals surface area contributed by atoms with Crippen molar-refractivity contribution < 1.29 is 4.79 Å². The SMILES string of the molecule is CC(C)CNC(=O)[C@H](C)Sc1ccc(Cl)nn1. The van der Waals surface area contributed by atoms with Crippen LogP contribution in [0.25, 0.3) is 0 Å². The Morgan fingerprint density at radius 2 is 2.12 bits per heavy atom. The molecule has 0 unspecified atom stereocenters. The third-order valence-electron chi connectivity index (χ3n) is 1.96. The summed E-state index contributed by atoms with van der Waals surface area (Å²) >= 11 is 7.00. The van der Waals surface area contributed by atoms with Crippen LogP contribution in [0.2, 0.25) is 5.15 Å².